The maximum absolute atomic E-state index is 12.9. The first-order valence-corrected chi connectivity index (χ1v) is 43.5. The Morgan fingerprint density at radius 3 is 0.867 bits per heavy atom. The highest BCUT2D eigenvalue weighted by Crippen LogP contribution is 2.43. The zero-order valence-electron chi connectivity index (χ0n) is 65.3. The van der Waals surface area contributed by atoms with E-state index >= 15 is 0 Å². The Morgan fingerprint density at radius 2 is 0.582 bits per heavy atom. The Bertz CT molecular complexity index is 1980. The van der Waals surface area contributed by atoms with Gasteiger partial charge in [0.05, 0.1) is 27.7 Å². The van der Waals surface area contributed by atoms with Crippen LogP contribution in [0.5, 0.6) is 0 Å². The molecule has 0 aliphatic rings. The summed E-state index contributed by atoms with van der Waals surface area (Å²) in [6, 6.07) is 0. The van der Waals surface area contributed by atoms with Gasteiger partial charge in [0, 0.05) is 12.8 Å². The third-order valence-corrected chi connectivity index (χ3v) is 19.6. The largest absolute Gasteiger partial charge is 0.472 e. The molecule has 0 spiro atoms. The van der Waals surface area contributed by atoms with Crippen LogP contribution in [-0.2, 0) is 32.7 Å². The van der Waals surface area contributed by atoms with Crippen LogP contribution in [0.15, 0.2) is 97.2 Å². The molecule has 0 heterocycles. The SMILES string of the molecule is CC/C=C\C/C=C\C/C=C\C/C=C\C/C=C\C/C=C\C/C=C\C/C=C\CCCCCCCCCCCCCCC(=O)OC(COC(=O)CCCCCCCCCCCCCCCCCCCCCCCCCCCCCCCCCCCCCCC)COP(=O)(O)OCC[N+](C)(C)C. The number of esters is 2. The fourth-order valence-electron chi connectivity index (χ4n) is 12.3. The average molecular weight is 1390 g/mol. The third-order valence-electron chi connectivity index (χ3n) is 18.6. The highest BCUT2D eigenvalue weighted by molar-refractivity contribution is 7.47. The molecule has 0 amide bonds. The van der Waals surface area contributed by atoms with Gasteiger partial charge in [-0.1, -0.05) is 406 Å². The van der Waals surface area contributed by atoms with E-state index in [1.54, 1.807) is 0 Å². The Hall–Kier alpha value is -3.07. The molecule has 2 unspecified atom stereocenters. The number of carbonyl (C=O) groups excluding carboxylic acids is 2. The van der Waals surface area contributed by atoms with Crippen molar-refractivity contribution in [1.29, 1.82) is 0 Å². The molecule has 2 atom stereocenters. The first-order chi connectivity index (χ1) is 48.0. The van der Waals surface area contributed by atoms with Crippen LogP contribution in [-0.4, -0.2) is 74.9 Å². The maximum atomic E-state index is 12.9. The molecule has 0 saturated carbocycles. The highest BCUT2D eigenvalue weighted by Gasteiger charge is 2.27. The summed E-state index contributed by atoms with van der Waals surface area (Å²) in [4.78, 5) is 36.0. The summed E-state index contributed by atoms with van der Waals surface area (Å²) in [6.45, 7) is 4.38. The zero-order chi connectivity index (χ0) is 71.1. The molecule has 0 radical (unpaired) electrons. The monoisotopic (exact) mass is 1390 g/mol. The number of allylic oxidation sites excluding steroid dienone is 16. The minimum Gasteiger partial charge on any atom is -0.462 e. The van der Waals surface area contributed by atoms with Gasteiger partial charge in [-0.25, -0.2) is 4.57 Å². The molecule has 1 N–H and O–H groups in total. The summed E-state index contributed by atoms with van der Waals surface area (Å²) >= 11 is 0. The molecule has 0 aliphatic carbocycles. The minimum atomic E-state index is -4.40. The molecular weight excluding hydrogens is 1230 g/mol. The van der Waals surface area contributed by atoms with Crippen molar-refractivity contribution < 1.29 is 42.1 Å². The summed E-state index contributed by atoms with van der Waals surface area (Å²) in [5.74, 6) is -0.785. The van der Waals surface area contributed by atoms with Crippen molar-refractivity contribution in [2.75, 3.05) is 47.5 Å². The Morgan fingerprint density at radius 1 is 0.327 bits per heavy atom. The lowest BCUT2D eigenvalue weighted by Crippen LogP contribution is -2.37. The van der Waals surface area contributed by atoms with Gasteiger partial charge in [-0.2, -0.15) is 0 Å². The molecule has 0 bridgehead atoms. The molecular formula is C88H161NO8P+. The molecule has 0 fully saturated rings. The lowest BCUT2D eigenvalue weighted by Gasteiger charge is -2.24. The Kier molecular flexibility index (Phi) is 75.6. The van der Waals surface area contributed by atoms with E-state index in [1.807, 2.05) is 21.1 Å². The number of nitrogens with zero attached hydrogens (tertiary/aromatic N) is 1. The molecule has 570 valence electrons. The van der Waals surface area contributed by atoms with Gasteiger partial charge in [0.15, 0.2) is 6.10 Å². The highest BCUT2D eigenvalue weighted by atomic mass is 31.2. The molecule has 0 aliphatic heterocycles. The average Bonchev–Trinajstić information content (AvgIpc) is 1.08. The fraction of sp³-hybridized carbons (Fsp3) is 0.795. The van der Waals surface area contributed by atoms with Crippen molar-refractivity contribution in [1.82, 2.24) is 0 Å². The molecule has 0 aromatic heterocycles. The number of unbranched alkanes of at least 4 members (excludes halogenated alkanes) is 48. The topological polar surface area (TPSA) is 108 Å². The second-order valence-corrected chi connectivity index (χ2v) is 30.9. The fourth-order valence-corrected chi connectivity index (χ4v) is 13.0. The van der Waals surface area contributed by atoms with Crippen molar-refractivity contribution in [3.8, 4) is 0 Å². The minimum absolute atomic E-state index is 0.0301. The molecule has 0 aromatic rings. The van der Waals surface area contributed by atoms with Gasteiger partial charge in [0.25, 0.3) is 0 Å². The summed E-state index contributed by atoms with van der Waals surface area (Å²) < 4.78 is 34.9. The molecule has 10 heteroatoms. The van der Waals surface area contributed by atoms with Crippen LogP contribution < -0.4 is 0 Å². The molecule has 98 heavy (non-hydrogen) atoms. The van der Waals surface area contributed by atoms with Gasteiger partial charge in [-0.05, 0) is 77.0 Å². The van der Waals surface area contributed by atoms with Crippen LogP contribution in [0.4, 0.5) is 0 Å². The molecule has 0 aromatic carbocycles. The van der Waals surface area contributed by atoms with E-state index < -0.39 is 26.5 Å². The first kappa shape index (κ1) is 94.9. The van der Waals surface area contributed by atoms with Crippen LogP contribution in [0.2, 0.25) is 0 Å². The van der Waals surface area contributed by atoms with Crippen molar-refractivity contribution in [3.63, 3.8) is 0 Å². The Labute approximate surface area is 608 Å². The summed E-state index contributed by atoms with van der Waals surface area (Å²) in [6.07, 6.45) is 110. The number of carbonyl (C=O) groups is 2. The molecule has 0 saturated heterocycles. The van der Waals surface area contributed by atoms with Crippen LogP contribution >= 0.6 is 7.82 Å². The first-order valence-electron chi connectivity index (χ1n) is 42.0. The predicted octanol–water partition coefficient (Wildman–Crippen LogP) is 28.2. The second kappa shape index (κ2) is 78.1. The van der Waals surface area contributed by atoms with Gasteiger partial charge < -0.3 is 18.9 Å². The lowest BCUT2D eigenvalue weighted by atomic mass is 10.0. The number of hydrogen-bond donors (Lipinski definition) is 1. The number of hydrogen-bond acceptors (Lipinski definition) is 7. The maximum Gasteiger partial charge on any atom is 0.472 e. The number of phosphoric ester groups is 1. The Balaban J connectivity index is 3.94. The van der Waals surface area contributed by atoms with Crippen LogP contribution in [0.3, 0.4) is 0 Å². The smallest absolute Gasteiger partial charge is 0.462 e. The van der Waals surface area contributed by atoms with Crippen molar-refractivity contribution >= 4 is 19.8 Å². The van der Waals surface area contributed by atoms with E-state index in [2.05, 4.69) is 111 Å². The van der Waals surface area contributed by atoms with E-state index in [0.29, 0.717) is 23.9 Å². The van der Waals surface area contributed by atoms with E-state index in [1.165, 1.54) is 276 Å². The van der Waals surface area contributed by atoms with Gasteiger partial charge >= 0.3 is 19.8 Å². The number of quaternary nitrogens is 1. The number of ether oxygens (including phenoxy) is 2. The van der Waals surface area contributed by atoms with Gasteiger partial charge in [-0.15, -0.1) is 0 Å². The van der Waals surface area contributed by atoms with E-state index in [4.69, 9.17) is 18.5 Å². The van der Waals surface area contributed by atoms with Gasteiger partial charge in [-0.3, -0.25) is 18.6 Å². The van der Waals surface area contributed by atoms with Gasteiger partial charge in [0.2, 0.25) is 0 Å². The summed E-state index contributed by atoms with van der Waals surface area (Å²) in [5.41, 5.74) is 0. The zero-order valence-corrected chi connectivity index (χ0v) is 66.2. The standard InChI is InChI=1S/C88H160NO8P/c1-6-8-10-12-14-16-18-20-22-24-26-28-30-32-34-36-38-40-42-44-46-48-50-52-54-56-58-60-62-64-66-68-70-72-74-76-78-80-87(90)94-84-86(85-96-98(92,93)95-83-82-89(3,4)5)97-88(91)81-79-77-75-73-71-69-67-65-63-61-59-57-55-53-51-49-47-45-43-41-39-37-35-33-31-29-27-25-23-21-19-17-15-13-11-9-7-2/h9,11,15,17,21,23,27,29,33,35,39,41,45,47,51,53,86H,6-8,10,12-14,16,18-20,22,24-26,28,30-32,34,36-38,40,42-44,46,48-50,52,54-85H2,1-5H3/p+1/b11-9-,17-15-,23-21-,29-27-,35-33-,41-39-,47-45-,53-51-. The quantitative estimate of drug-likeness (QED) is 0.0211. The van der Waals surface area contributed by atoms with Crippen LogP contribution in [0.25, 0.3) is 0 Å². The van der Waals surface area contributed by atoms with Crippen molar-refractivity contribution in [2.24, 2.45) is 0 Å². The van der Waals surface area contributed by atoms with E-state index in [-0.39, 0.29) is 25.6 Å². The molecule has 9 nitrogen and oxygen atoms in total. The second-order valence-electron chi connectivity index (χ2n) is 29.5. The summed E-state index contributed by atoms with van der Waals surface area (Å²) in [5, 5.41) is 0. The van der Waals surface area contributed by atoms with Crippen molar-refractivity contribution in [2.45, 2.75) is 405 Å². The third kappa shape index (κ3) is 81.9. The van der Waals surface area contributed by atoms with E-state index in [9.17, 15) is 19.0 Å². The van der Waals surface area contributed by atoms with Crippen LogP contribution in [0, 0.1) is 0 Å². The predicted molar refractivity (Wildman–Crippen MR) is 427 cm³/mol. The van der Waals surface area contributed by atoms with Crippen LogP contribution in [0.1, 0.15) is 399 Å². The van der Waals surface area contributed by atoms with Crippen molar-refractivity contribution in [3.05, 3.63) is 97.2 Å². The summed E-state index contributed by atoms with van der Waals surface area (Å²) in [7, 11) is 1.49. The molecule has 0 rings (SSSR count). The number of rotatable bonds is 78. The normalized spacial score (nSPS) is 13.5. The number of likely N-dealkylation sites (N-methyl/N-ethyl adjacent to an activating group) is 1. The number of phosphoric acid groups is 1. The lowest BCUT2D eigenvalue weighted by molar-refractivity contribution is -0.870. The van der Waals surface area contributed by atoms with Gasteiger partial charge in [0.1, 0.15) is 19.8 Å². The van der Waals surface area contributed by atoms with E-state index in [0.717, 1.165) is 89.9 Å².